The molecule has 0 bridgehead atoms. The number of nitrogens with zero attached hydrogens (tertiary/aromatic N) is 1. The van der Waals surface area contributed by atoms with Crippen LogP contribution in [0.4, 0.5) is 0 Å². The number of nitrogens with two attached hydrogens (primary N) is 1. The molecule has 0 radical (unpaired) electrons. The first-order chi connectivity index (χ1) is 16.0. The molecule has 0 aromatic carbocycles. The lowest BCUT2D eigenvalue weighted by atomic mass is 10.0. The van der Waals surface area contributed by atoms with Gasteiger partial charge in [0.2, 0.25) is 17.7 Å². The third kappa shape index (κ3) is 10.1. The van der Waals surface area contributed by atoms with Gasteiger partial charge >= 0.3 is 5.97 Å². The minimum atomic E-state index is -1.41. The summed E-state index contributed by atoms with van der Waals surface area (Å²) in [6.07, 6.45) is 4.17. The van der Waals surface area contributed by atoms with Crippen molar-refractivity contribution >= 4 is 35.5 Å². The molecule has 1 aromatic heterocycles. The lowest BCUT2D eigenvalue weighted by molar-refractivity contribution is -0.143. The van der Waals surface area contributed by atoms with Crippen LogP contribution in [0.3, 0.4) is 0 Å². The maximum Gasteiger partial charge on any atom is 0.326 e. The second-order valence-corrected chi connectivity index (χ2v) is 9.47. The molecule has 5 atom stereocenters. The third-order valence-corrected chi connectivity index (χ3v) is 5.60. The van der Waals surface area contributed by atoms with Gasteiger partial charge in [-0.25, -0.2) is 9.78 Å². The molecule has 0 saturated carbocycles. The van der Waals surface area contributed by atoms with Gasteiger partial charge in [0.05, 0.1) is 18.5 Å². The van der Waals surface area contributed by atoms with Gasteiger partial charge in [0, 0.05) is 18.3 Å². The Kier molecular flexibility index (Phi) is 12.6. The van der Waals surface area contributed by atoms with Gasteiger partial charge in [-0.2, -0.15) is 11.8 Å². The Bertz CT molecular complexity index is 804. The fourth-order valence-electron chi connectivity index (χ4n) is 3.12. The molecular weight excluding hydrogens is 464 g/mol. The van der Waals surface area contributed by atoms with Crippen molar-refractivity contribution < 1.29 is 29.4 Å². The van der Waals surface area contributed by atoms with Crippen LogP contribution < -0.4 is 21.7 Å². The second kappa shape index (κ2) is 14.6. The van der Waals surface area contributed by atoms with E-state index in [2.05, 4.69) is 25.9 Å². The molecule has 1 aromatic rings. The Labute approximate surface area is 203 Å². The van der Waals surface area contributed by atoms with Crippen LogP contribution in [0.1, 0.15) is 39.3 Å². The highest BCUT2D eigenvalue weighted by Gasteiger charge is 2.32. The van der Waals surface area contributed by atoms with E-state index in [1.165, 1.54) is 25.0 Å². The van der Waals surface area contributed by atoms with Crippen LogP contribution in [0.25, 0.3) is 0 Å². The normalized spacial score (nSPS) is 15.6. The zero-order valence-electron chi connectivity index (χ0n) is 19.9. The number of rotatable bonds is 15. The van der Waals surface area contributed by atoms with Crippen molar-refractivity contribution in [2.24, 2.45) is 11.7 Å². The molecule has 0 aliphatic rings. The lowest BCUT2D eigenvalue weighted by Gasteiger charge is -2.26. The summed E-state index contributed by atoms with van der Waals surface area (Å²) < 4.78 is 0. The molecule has 34 heavy (non-hydrogen) atoms. The van der Waals surface area contributed by atoms with E-state index in [-0.39, 0.29) is 25.2 Å². The number of hydrogen-bond donors (Lipinski definition) is 7. The molecule has 5 unspecified atom stereocenters. The monoisotopic (exact) mass is 500 g/mol. The number of thioether (sulfide) groups is 1. The van der Waals surface area contributed by atoms with Crippen molar-refractivity contribution in [3.63, 3.8) is 0 Å². The number of aromatic amines is 1. The number of aliphatic hydroxyl groups excluding tert-OH is 1. The van der Waals surface area contributed by atoms with E-state index in [1.807, 2.05) is 20.1 Å². The minimum Gasteiger partial charge on any atom is -0.480 e. The molecule has 0 fully saturated rings. The first-order valence-corrected chi connectivity index (χ1v) is 12.4. The molecular formula is C21H36N6O6S. The van der Waals surface area contributed by atoms with Crippen molar-refractivity contribution in [1.82, 2.24) is 25.9 Å². The average Bonchev–Trinajstić information content (AvgIpc) is 3.26. The molecule has 13 heteroatoms. The zero-order valence-corrected chi connectivity index (χ0v) is 20.7. The number of carboxylic acids is 1. The van der Waals surface area contributed by atoms with Gasteiger partial charge < -0.3 is 36.9 Å². The molecule has 3 amide bonds. The van der Waals surface area contributed by atoms with E-state index in [0.29, 0.717) is 11.4 Å². The van der Waals surface area contributed by atoms with E-state index in [9.17, 15) is 29.4 Å². The number of aliphatic carboxylic acids is 1. The molecule has 0 spiro atoms. The molecule has 192 valence electrons. The Morgan fingerprint density at radius 2 is 1.74 bits per heavy atom. The van der Waals surface area contributed by atoms with Gasteiger partial charge in [0.1, 0.15) is 18.1 Å². The number of H-pyrrole nitrogens is 1. The van der Waals surface area contributed by atoms with Gasteiger partial charge in [-0.1, -0.05) is 13.8 Å². The molecule has 8 N–H and O–H groups in total. The van der Waals surface area contributed by atoms with Crippen molar-refractivity contribution in [2.75, 3.05) is 12.0 Å². The second-order valence-electron chi connectivity index (χ2n) is 8.49. The molecule has 1 heterocycles. The van der Waals surface area contributed by atoms with Crippen LogP contribution in [-0.4, -0.2) is 86.2 Å². The van der Waals surface area contributed by atoms with Gasteiger partial charge in [0.15, 0.2) is 0 Å². The highest BCUT2D eigenvalue weighted by Crippen LogP contribution is 2.08. The van der Waals surface area contributed by atoms with Gasteiger partial charge in [0.25, 0.3) is 0 Å². The van der Waals surface area contributed by atoms with E-state index in [0.717, 1.165) is 0 Å². The maximum atomic E-state index is 12.9. The summed E-state index contributed by atoms with van der Waals surface area (Å²) in [6, 6.07) is -4.52. The average molecular weight is 501 g/mol. The highest BCUT2D eigenvalue weighted by molar-refractivity contribution is 7.98. The molecule has 0 aliphatic carbocycles. The topological polar surface area (TPSA) is 200 Å². The number of amides is 3. The Hall–Kier alpha value is -2.64. The van der Waals surface area contributed by atoms with E-state index >= 15 is 0 Å². The quantitative estimate of drug-likeness (QED) is 0.158. The predicted octanol–water partition coefficient (Wildman–Crippen LogP) is -1.00. The van der Waals surface area contributed by atoms with Gasteiger partial charge in [-0.3, -0.25) is 14.4 Å². The smallest absolute Gasteiger partial charge is 0.326 e. The van der Waals surface area contributed by atoms with E-state index in [4.69, 9.17) is 5.73 Å². The number of imidazole rings is 1. The molecule has 0 aliphatic heterocycles. The summed E-state index contributed by atoms with van der Waals surface area (Å²) in [5, 5.41) is 26.9. The lowest BCUT2D eigenvalue weighted by Crippen LogP contribution is -2.60. The van der Waals surface area contributed by atoms with E-state index < -0.39 is 54.0 Å². The number of nitrogens with one attached hydrogen (secondary N) is 4. The Balaban J connectivity index is 2.88. The number of hydrogen-bond acceptors (Lipinski definition) is 8. The Morgan fingerprint density at radius 1 is 1.09 bits per heavy atom. The van der Waals surface area contributed by atoms with Crippen molar-refractivity contribution in [3.05, 3.63) is 18.2 Å². The first-order valence-electron chi connectivity index (χ1n) is 11.0. The zero-order chi connectivity index (χ0) is 25.8. The summed E-state index contributed by atoms with van der Waals surface area (Å²) in [6.45, 7) is 4.93. The Morgan fingerprint density at radius 3 is 2.24 bits per heavy atom. The summed E-state index contributed by atoms with van der Waals surface area (Å²) in [4.78, 5) is 56.4. The maximum absolute atomic E-state index is 12.9. The number of carboxylic acid groups (broad SMARTS) is 1. The molecule has 1 rings (SSSR count). The SMILES string of the molecule is CSCCC(NC(=O)C(N)Cc1cnc[nH]1)C(=O)NC(C(=O)NC(CC(C)C)C(=O)O)C(C)O. The summed E-state index contributed by atoms with van der Waals surface area (Å²) in [5.41, 5.74) is 6.61. The van der Waals surface area contributed by atoms with Crippen LogP contribution >= 0.6 is 11.8 Å². The van der Waals surface area contributed by atoms with Gasteiger partial charge in [-0.05, 0) is 37.7 Å². The van der Waals surface area contributed by atoms with Crippen LogP contribution in [0, 0.1) is 5.92 Å². The van der Waals surface area contributed by atoms with E-state index in [1.54, 1.807) is 6.20 Å². The van der Waals surface area contributed by atoms with Crippen molar-refractivity contribution in [1.29, 1.82) is 0 Å². The molecule has 12 nitrogen and oxygen atoms in total. The minimum absolute atomic E-state index is 0.00176. The number of aliphatic hydroxyl groups is 1. The summed E-state index contributed by atoms with van der Waals surface area (Å²) >= 11 is 1.47. The van der Waals surface area contributed by atoms with Crippen LogP contribution in [0.5, 0.6) is 0 Å². The van der Waals surface area contributed by atoms with Crippen LogP contribution in [0.2, 0.25) is 0 Å². The fraction of sp³-hybridized carbons (Fsp3) is 0.667. The number of aromatic nitrogens is 2. The van der Waals surface area contributed by atoms with Crippen molar-refractivity contribution in [2.45, 2.75) is 70.3 Å². The number of carbonyl (C=O) groups is 4. The summed E-state index contributed by atoms with van der Waals surface area (Å²) in [7, 11) is 0. The van der Waals surface area contributed by atoms with Crippen LogP contribution in [0.15, 0.2) is 12.5 Å². The largest absolute Gasteiger partial charge is 0.480 e. The van der Waals surface area contributed by atoms with Gasteiger partial charge in [-0.15, -0.1) is 0 Å². The standard InChI is InChI=1S/C21H36N6O6S/c1-11(2)7-16(21(32)33)26-20(31)17(12(3)28)27-19(30)15(5-6-34-4)25-18(29)14(22)8-13-9-23-10-24-13/h9-12,14-17,28H,5-8,22H2,1-4H3,(H,23,24)(H,25,29)(H,26,31)(H,27,30)(H,32,33). The van der Waals surface area contributed by atoms with Crippen molar-refractivity contribution in [3.8, 4) is 0 Å². The first kappa shape index (κ1) is 29.4. The molecule has 0 saturated heterocycles. The predicted molar refractivity (Wildman–Crippen MR) is 128 cm³/mol. The summed E-state index contributed by atoms with van der Waals surface area (Å²) in [5.74, 6) is -2.76. The fourth-order valence-corrected chi connectivity index (χ4v) is 3.59. The number of carbonyl (C=O) groups excluding carboxylic acids is 3. The highest BCUT2D eigenvalue weighted by atomic mass is 32.2. The van der Waals surface area contributed by atoms with Crippen LogP contribution in [-0.2, 0) is 25.6 Å². The third-order valence-electron chi connectivity index (χ3n) is 4.96.